The Morgan fingerprint density at radius 2 is 2.12 bits per heavy atom. The van der Waals surface area contributed by atoms with Crippen LogP contribution in [0.1, 0.15) is 30.1 Å². The quantitative estimate of drug-likeness (QED) is 0.733. The van der Waals surface area contributed by atoms with E-state index in [1.807, 2.05) is 0 Å². The Hall–Kier alpha value is -2.38. The maximum atomic E-state index is 12.8. The van der Waals surface area contributed by atoms with Gasteiger partial charge >= 0.3 is 12.6 Å². The molecule has 1 fully saturated rings. The number of ether oxygens (including phenoxy) is 3. The van der Waals surface area contributed by atoms with Gasteiger partial charge in [0.1, 0.15) is 0 Å². The number of methoxy groups -OCH3 is 1. The molecule has 1 saturated heterocycles. The van der Waals surface area contributed by atoms with Crippen LogP contribution in [0.4, 0.5) is 8.78 Å². The van der Waals surface area contributed by atoms with Crippen LogP contribution in [0.15, 0.2) is 18.2 Å². The van der Waals surface area contributed by atoms with Gasteiger partial charge in [0.25, 0.3) is 5.91 Å². The Bertz CT molecular complexity index is 623. The number of hydrogen-bond acceptors (Lipinski definition) is 5. The summed E-state index contributed by atoms with van der Waals surface area (Å²) in [6.45, 7) is -0.487. The van der Waals surface area contributed by atoms with Crippen LogP contribution in [0.2, 0.25) is 0 Å². The molecule has 8 heteroatoms. The minimum absolute atomic E-state index is 0.0239. The third-order valence-electron chi connectivity index (χ3n) is 3.96. The van der Waals surface area contributed by atoms with Gasteiger partial charge in [0.05, 0.1) is 25.2 Å². The van der Waals surface area contributed by atoms with Crippen LogP contribution in [-0.2, 0) is 9.53 Å². The minimum atomic E-state index is -3.09. The van der Waals surface area contributed by atoms with Crippen molar-refractivity contribution < 1.29 is 32.6 Å². The number of alkyl halides is 2. The summed E-state index contributed by atoms with van der Waals surface area (Å²) < 4.78 is 39.9. The topological polar surface area (TPSA) is 65.1 Å². The lowest BCUT2D eigenvalue weighted by atomic mass is 9.97. The molecule has 0 spiro atoms. The Labute approximate surface area is 144 Å². The van der Waals surface area contributed by atoms with Crippen molar-refractivity contribution in [2.75, 3.05) is 26.8 Å². The molecule has 6 nitrogen and oxygen atoms in total. The van der Waals surface area contributed by atoms with Gasteiger partial charge in [-0.2, -0.15) is 8.78 Å². The summed E-state index contributed by atoms with van der Waals surface area (Å²) in [5.41, 5.74) is -0.0239. The first-order valence-corrected chi connectivity index (χ1v) is 8.05. The van der Waals surface area contributed by atoms with E-state index in [4.69, 9.17) is 9.47 Å². The number of hydrogen-bond donors (Lipinski definition) is 0. The highest BCUT2D eigenvalue weighted by Crippen LogP contribution is 2.34. The van der Waals surface area contributed by atoms with Crippen LogP contribution >= 0.6 is 0 Å². The molecular weight excluding hydrogens is 336 g/mol. The SMILES string of the molecule is CCOC(=O)C1CCCN(C(=O)c2cccc(OC)c2OC(F)F)C1. The zero-order chi connectivity index (χ0) is 18.4. The number of nitrogens with zero attached hydrogens (tertiary/aromatic N) is 1. The van der Waals surface area contributed by atoms with Gasteiger partial charge in [-0.25, -0.2) is 0 Å². The summed E-state index contributed by atoms with van der Waals surface area (Å²) in [4.78, 5) is 26.2. The number of amides is 1. The molecule has 2 rings (SSSR count). The van der Waals surface area contributed by atoms with E-state index in [-0.39, 0.29) is 36.2 Å². The third-order valence-corrected chi connectivity index (χ3v) is 3.96. The highest BCUT2D eigenvalue weighted by atomic mass is 19.3. The molecule has 0 N–H and O–H groups in total. The van der Waals surface area contributed by atoms with Crippen LogP contribution in [0.5, 0.6) is 11.5 Å². The van der Waals surface area contributed by atoms with E-state index in [0.717, 1.165) is 0 Å². The molecule has 0 aromatic heterocycles. The fraction of sp³-hybridized carbons (Fsp3) is 0.529. The van der Waals surface area contributed by atoms with Gasteiger partial charge in [-0.05, 0) is 31.9 Å². The Kier molecular flexibility index (Phi) is 6.55. The Balaban J connectivity index is 2.23. The van der Waals surface area contributed by atoms with Crippen molar-refractivity contribution in [1.82, 2.24) is 4.90 Å². The van der Waals surface area contributed by atoms with Gasteiger partial charge in [-0.3, -0.25) is 9.59 Å². The Morgan fingerprint density at radius 1 is 1.36 bits per heavy atom. The van der Waals surface area contributed by atoms with Crippen LogP contribution < -0.4 is 9.47 Å². The molecule has 25 heavy (non-hydrogen) atoms. The van der Waals surface area contributed by atoms with E-state index < -0.39 is 18.4 Å². The second kappa shape index (κ2) is 8.64. The number of likely N-dealkylation sites (tertiary alicyclic amines) is 1. The van der Waals surface area contributed by atoms with Crippen molar-refractivity contribution in [1.29, 1.82) is 0 Å². The second-order valence-corrected chi connectivity index (χ2v) is 5.56. The molecule has 138 valence electrons. The smallest absolute Gasteiger partial charge is 0.387 e. The van der Waals surface area contributed by atoms with Crippen LogP contribution in [-0.4, -0.2) is 50.2 Å². The molecule has 0 radical (unpaired) electrons. The molecule has 1 heterocycles. The number of piperidine rings is 1. The number of benzene rings is 1. The van der Waals surface area contributed by atoms with Crippen molar-refractivity contribution in [2.24, 2.45) is 5.92 Å². The van der Waals surface area contributed by atoms with Crippen molar-refractivity contribution >= 4 is 11.9 Å². The molecule has 1 aromatic rings. The summed E-state index contributed by atoms with van der Waals surface area (Å²) in [6.07, 6.45) is 1.26. The molecule has 1 amide bonds. The zero-order valence-corrected chi connectivity index (χ0v) is 14.2. The summed E-state index contributed by atoms with van der Waals surface area (Å²) in [5, 5.41) is 0. The summed E-state index contributed by atoms with van der Waals surface area (Å²) >= 11 is 0. The van der Waals surface area contributed by atoms with Gasteiger partial charge in [0, 0.05) is 13.1 Å². The second-order valence-electron chi connectivity index (χ2n) is 5.56. The van der Waals surface area contributed by atoms with E-state index in [2.05, 4.69) is 4.74 Å². The summed E-state index contributed by atoms with van der Waals surface area (Å²) in [5.74, 6) is -1.51. The van der Waals surface area contributed by atoms with Gasteiger partial charge in [-0.15, -0.1) is 0 Å². The molecular formula is C17H21F2NO5. The predicted molar refractivity (Wildman–Crippen MR) is 84.9 cm³/mol. The molecule has 0 saturated carbocycles. The van der Waals surface area contributed by atoms with Crippen LogP contribution in [0.25, 0.3) is 0 Å². The van der Waals surface area contributed by atoms with E-state index >= 15 is 0 Å². The van der Waals surface area contributed by atoms with Crippen LogP contribution in [0.3, 0.4) is 0 Å². The molecule has 1 atom stereocenters. The fourth-order valence-electron chi connectivity index (χ4n) is 2.84. The van der Waals surface area contributed by atoms with Gasteiger partial charge < -0.3 is 19.1 Å². The van der Waals surface area contributed by atoms with E-state index in [1.165, 1.54) is 30.2 Å². The molecule has 1 aliphatic heterocycles. The average molecular weight is 357 g/mol. The third kappa shape index (κ3) is 4.58. The van der Waals surface area contributed by atoms with Crippen LogP contribution in [0, 0.1) is 5.92 Å². The average Bonchev–Trinajstić information content (AvgIpc) is 2.61. The monoisotopic (exact) mass is 357 g/mol. The van der Waals surface area contributed by atoms with Crippen molar-refractivity contribution in [3.8, 4) is 11.5 Å². The molecule has 0 bridgehead atoms. The first-order valence-electron chi connectivity index (χ1n) is 8.05. The summed E-state index contributed by atoms with van der Waals surface area (Å²) in [7, 11) is 1.31. The van der Waals surface area contributed by atoms with Gasteiger partial charge in [0.15, 0.2) is 11.5 Å². The fourth-order valence-corrected chi connectivity index (χ4v) is 2.84. The number of carbonyl (C=O) groups is 2. The van der Waals surface area contributed by atoms with E-state index in [1.54, 1.807) is 6.92 Å². The predicted octanol–water partition coefficient (Wildman–Crippen LogP) is 2.71. The highest BCUT2D eigenvalue weighted by Gasteiger charge is 2.31. The lowest BCUT2D eigenvalue weighted by molar-refractivity contribution is -0.149. The maximum absolute atomic E-state index is 12.8. The number of para-hydroxylation sites is 1. The number of esters is 1. The van der Waals surface area contributed by atoms with E-state index in [9.17, 15) is 18.4 Å². The molecule has 1 aliphatic rings. The lowest BCUT2D eigenvalue weighted by Crippen LogP contribution is -2.43. The standard InChI is InChI=1S/C17H21F2NO5/c1-3-24-16(22)11-6-5-9-20(10-11)15(21)12-7-4-8-13(23-2)14(12)25-17(18)19/h4,7-8,11,17H,3,5-6,9-10H2,1-2H3. The first-order chi connectivity index (χ1) is 12.0. The molecule has 1 unspecified atom stereocenters. The van der Waals surface area contributed by atoms with Gasteiger partial charge in [-0.1, -0.05) is 6.07 Å². The number of rotatable bonds is 6. The highest BCUT2D eigenvalue weighted by molar-refractivity contribution is 5.98. The summed E-state index contributed by atoms with van der Waals surface area (Å²) in [6, 6.07) is 4.36. The van der Waals surface area contributed by atoms with Crippen molar-refractivity contribution in [3.05, 3.63) is 23.8 Å². The van der Waals surface area contributed by atoms with Crippen molar-refractivity contribution in [3.63, 3.8) is 0 Å². The number of halogens is 2. The van der Waals surface area contributed by atoms with Gasteiger partial charge in [0.2, 0.25) is 0 Å². The largest absolute Gasteiger partial charge is 0.493 e. The normalized spacial score (nSPS) is 17.3. The molecule has 1 aromatic carbocycles. The maximum Gasteiger partial charge on any atom is 0.387 e. The Morgan fingerprint density at radius 3 is 2.76 bits per heavy atom. The number of carbonyl (C=O) groups excluding carboxylic acids is 2. The molecule has 0 aliphatic carbocycles. The minimum Gasteiger partial charge on any atom is -0.493 e. The van der Waals surface area contributed by atoms with Crippen molar-refractivity contribution in [2.45, 2.75) is 26.4 Å². The zero-order valence-electron chi connectivity index (χ0n) is 14.2. The lowest BCUT2D eigenvalue weighted by Gasteiger charge is -2.32. The first kappa shape index (κ1) is 19.0. The van der Waals surface area contributed by atoms with E-state index in [0.29, 0.717) is 19.4 Å².